The zero-order valence-corrected chi connectivity index (χ0v) is 18.4. The number of hydrogen-bond donors (Lipinski definition) is 2. The van der Waals surface area contributed by atoms with Crippen LogP contribution >= 0.6 is 0 Å². The van der Waals surface area contributed by atoms with Crippen molar-refractivity contribution in [3.8, 4) is 5.75 Å². The number of aromatic nitrogens is 1. The van der Waals surface area contributed by atoms with Crippen molar-refractivity contribution >= 4 is 5.97 Å². The lowest BCUT2D eigenvalue weighted by molar-refractivity contribution is -0.139. The van der Waals surface area contributed by atoms with E-state index >= 15 is 0 Å². The first kappa shape index (κ1) is 22.7. The molecule has 170 valence electrons. The van der Waals surface area contributed by atoms with Gasteiger partial charge in [-0.05, 0) is 59.7 Å². The van der Waals surface area contributed by atoms with Gasteiger partial charge in [0.25, 0.3) is 0 Å². The van der Waals surface area contributed by atoms with Gasteiger partial charge in [-0.2, -0.15) is 5.48 Å². The van der Waals surface area contributed by atoms with Crippen molar-refractivity contribution in [2.45, 2.75) is 31.2 Å². The number of nitrogens with one attached hydrogen (secondary N) is 1. The highest BCUT2D eigenvalue weighted by molar-refractivity contribution is 5.68. The molecule has 0 saturated heterocycles. The molecule has 4 rings (SSSR count). The van der Waals surface area contributed by atoms with Gasteiger partial charge in [0.15, 0.2) is 6.61 Å². The molecule has 1 aromatic heterocycles. The number of hydrogen-bond acceptors (Lipinski definition) is 5. The van der Waals surface area contributed by atoms with Crippen LogP contribution in [-0.2, 0) is 16.1 Å². The maximum absolute atomic E-state index is 10.9. The Balaban J connectivity index is 1.38. The van der Waals surface area contributed by atoms with Gasteiger partial charge in [0.05, 0.1) is 12.6 Å². The Hall–Kier alpha value is -3.48. The van der Waals surface area contributed by atoms with Crippen molar-refractivity contribution in [1.29, 1.82) is 0 Å². The molecule has 6 nitrogen and oxygen atoms in total. The number of rotatable bonds is 10. The molecule has 2 aromatic carbocycles. The molecule has 0 fully saturated rings. The topological polar surface area (TPSA) is 80.7 Å². The fourth-order valence-electron chi connectivity index (χ4n) is 4.26. The average Bonchev–Trinajstić information content (AvgIpc) is 2.86. The number of pyridine rings is 1. The Labute approximate surface area is 193 Å². The Morgan fingerprint density at radius 1 is 1.09 bits per heavy atom. The summed E-state index contributed by atoms with van der Waals surface area (Å²) in [4.78, 5) is 20.8. The lowest BCUT2D eigenvalue weighted by Crippen LogP contribution is -2.23. The van der Waals surface area contributed by atoms with Crippen molar-refractivity contribution in [2.75, 3.05) is 13.2 Å². The number of aliphatic carboxylic acids is 1. The molecular weight excluding hydrogens is 416 g/mol. The number of carboxylic acid groups (broad SMARTS) is 1. The van der Waals surface area contributed by atoms with Gasteiger partial charge in [0, 0.05) is 18.3 Å². The van der Waals surface area contributed by atoms with E-state index in [0.29, 0.717) is 12.4 Å². The minimum Gasteiger partial charge on any atom is -0.482 e. The molecule has 0 radical (unpaired) electrons. The van der Waals surface area contributed by atoms with Crippen LogP contribution in [0.15, 0.2) is 85.2 Å². The smallest absolute Gasteiger partial charge is 0.341 e. The molecule has 1 aliphatic carbocycles. The lowest BCUT2D eigenvalue weighted by atomic mass is 9.82. The number of carboxylic acids is 1. The van der Waals surface area contributed by atoms with Gasteiger partial charge < -0.3 is 9.84 Å². The predicted octanol–water partition coefficient (Wildman–Crippen LogP) is 4.83. The van der Waals surface area contributed by atoms with Crippen LogP contribution in [-0.4, -0.2) is 29.3 Å². The van der Waals surface area contributed by atoms with E-state index < -0.39 is 5.97 Å². The number of allylic oxidation sites excluding steroid dienone is 1. The van der Waals surface area contributed by atoms with Crippen LogP contribution in [0.1, 0.15) is 47.1 Å². The normalized spacial score (nSPS) is 16.3. The molecule has 0 saturated carbocycles. The van der Waals surface area contributed by atoms with Crippen LogP contribution in [0.25, 0.3) is 0 Å². The Morgan fingerprint density at radius 2 is 1.88 bits per heavy atom. The minimum atomic E-state index is -0.968. The molecule has 0 amide bonds. The van der Waals surface area contributed by atoms with E-state index in [1.54, 1.807) is 12.4 Å². The molecule has 1 aliphatic rings. The average molecular weight is 445 g/mol. The highest BCUT2D eigenvalue weighted by atomic mass is 16.6. The SMILES string of the molecule is O=C(O)COc1cccc2c1CCCC2/C=C/CONC(c1ccccc1)c1ccncc1. The molecular formula is C27H28N2O4. The predicted molar refractivity (Wildman–Crippen MR) is 126 cm³/mol. The second-order valence-corrected chi connectivity index (χ2v) is 7.99. The maximum atomic E-state index is 10.9. The monoisotopic (exact) mass is 444 g/mol. The van der Waals surface area contributed by atoms with Crippen molar-refractivity contribution in [3.63, 3.8) is 0 Å². The van der Waals surface area contributed by atoms with E-state index in [0.717, 1.165) is 36.0 Å². The molecule has 0 aliphatic heterocycles. The number of nitrogens with zero attached hydrogens (tertiary/aromatic N) is 1. The zero-order valence-electron chi connectivity index (χ0n) is 18.4. The van der Waals surface area contributed by atoms with Crippen molar-refractivity contribution in [1.82, 2.24) is 10.5 Å². The van der Waals surface area contributed by atoms with E-state index in [-0.39, 0.29) is 18.6 Å². The van der Waals surface area contributed by atoms with Gasteiger partial charge in [-0.1, -0.05) is 54.6 Å². The first-order chi connectivity index (χ1) is 16.2. The summed E-state index contributed by atoms with van der Waals surface area (Å²) in [5.74, 6) is -0.0325. The fraction of sp³-hybridized carbons (Fsp3) is 0.259. The van der Waals surface area contributed by atoms with Crippen LogP contribution in [0.5, 0.6) is 5.75 Å². The van der Waals surface area contributed by atoms with E-state index in [2.05, 4.69) is 34.7 Å². The summed E-state index contributed by atoms with van der Waals surface area (Å²) in [6.07, 6.45) is 10.7. The molecule has 2 atom stereocenters. The van der Waals surface area contributed by atoms with Crippen LogP contribution in [0.4, 0.5) is 0 Å². The van der Waals surface area contributed by atoms with Gasteiger partial charge >= 0.3 is 5.97 Å². The summed E-state index contributed by atoms with van der Waals surface area (Å²) in [7, 11) is 0. The summed E-state index contributed by atoms with van der Waals surface area (Å²) in [6, 6.07) is 19.9. The standard InChI is InChI=1S/C27H28N2O4/c30-26(31)19-32-25-13-5-11-23-20(9-4-12-24(23)25)10-6-18-33-29-27(21-7-2-1-3-8-21)22-14-16-28-17-15-22/h1-3,5-8,10-11,13-17,20,27,29H,4,9,12,18-19H2,(H,30,31)/b10-6+. The minimum absolute atomic E-state index is 0.0908. The number of ether oxygens (including phenoxy) is 1. The summed E-state index contributed by atoms with van der Waals surface area (Å²) >= 11 is 0. The third-order valence-corrected chi connectivity index (χ3v) is 5.78. The summed E-state index contributed by atoms with van der Waals surface area (Å²) in [5.41, 5.74) is 7.70. The van der Waals surface area contributed by atoms with E-state index in [1.165, 1.54) is 5.56 Å². The second-order valence-electron chi connectivity index (χ2n) is 7.99. The van der Waals surface area contributed by atoms with Crippen LogP contribution in [0.3, 0.4) is 0 Å². The lowest BCUT2D eigenvalue weighted by Gasteiger charge is -2.25. The first-order valence-electron chi connectivity index (χ1n) is 11.2. The number of hydroxylamine groups is 1. The van der Waals surface area contributed by atoms with Gasteiger partial charge in [-0.15, -0.1) is 0 Å². The quantitative estimate of drug-likeness (QED) is 0.265. The Bertz CT molecular complexity index is 1030. The largest absolute Gasteiger partial charge is 0.482 e. The van der Waals surface area contributed by atoms with Gasteiger partial charge in [-0.3, -0.25) is 9.82 Å². The van der Waals surface area contributed by atoms with Crippen LogP contribution in [0, 0.1) is 0 Å². The first-order valence-corrected chi connectivity index (χ1v) is 11.2. The highest BCUT2D eigenvalue weighted by Crippen LogP contribution is 2.37. The Kier molecular flexibility index (Phi) is 7.85. The van der Waals surface area contributed by atoms with Crippen molar-refractivity contribution in [2.24, 2.45) is 0 Å². The number of benzene rings is 2. The van der Waals surface area contributed by atoms with Crippen molar-refractivity contribution < 1.29 is 19.5 Å². The van der Waals surface area contributed by atoms with Gasteiger partial charge in [0.2, 0.25) is 0 Å². The van der Waals surface area contributed by atoms with E-state index in [9.17, 15) is 4.79 Å². The maximum Gasteiger partial charge on any atom is 0.341 e. The van der Waals surface area contributed by atoms with E-state index in [4.69, 9.17) is 14.7 Å². The third kappa shape index (κ3) is 6.06. The van der Waals surface area contributed by atoms with Crippen LogP contribution in [0.2, 0.25) is 0 Å². The zero-order chi connectivity index (χ0) is 22.9. The third-order valence-electron chi connectivity index (χ3n) is 5.78. The molecule has 0 spiro atoms. The van der Waals surface area contributed by atoms with Crippen LogP contribution < -0.4 is 10.2 Å². The van der Waals surface area contributed by atoms with E-state index in [1.807, 2.05) is 48.5 Å². The van der Waals surface area contributed by atoms with Gasteiger partial charge in [-0.25, -0.2) is 4.79 Å². The fourth-order valence-corrected chi connectivity index (χ4v) is 4.26. The molecule has 1 heterocycles. The Morgan fingerprint density at radius 3 is 2.67 bits per heavy atom. The summed E-state index contributed by atoms with van der Waals surface area (Å²) in [6.45, 7) is 0.103. The van der Waals surface area contributed by atoms with Crippen molar-refractivity contribution in [3.05, 3.63) is 107 Å². The molecule has 2 N–H and O–H groups in total. The number of fused-ring (bicyclic) bond motifs is 1. The second kappa shape index (κ2) is 11.4. The summed E-state index contributed by atoms with van der Waals surface area (Å²) < 4.78 is 5.50. The summed E-state index contributed by atoms with van der Waals surface area (Å²) in [5, 5.41) is 8.92. The highest BCUT2D eigenvalue weighted by Gasteiger charge is 2.21. The van der Waals surface area contributed by atoms with Gasteiger partial charge in [0.1, 0.15) is 5.75 Å². The molecule has 33 heavy (non-hydrogen) atoms. The number of carbonyl (C=O) groups is 1. The molecule has 6 heteroatoms. The molecule has 2 unspecified atom stereocenters. The molecule has 3 aromatic rings. The molecule has 0 bridgehead atoms.